The van der Waals surface area contributed by atoms with Crippen LogP contribution in [0, 0.1) is 24.0 Å². The third-order valence-corrected chi connectivity index (χ3v) is 3.10. The molecular weight excluding hydrogens is 276 g/mol. The SMILES string of the molecule is Cc1noc(C)c1CNC(=O)c1ccc(N)c([N+](=O)[O-])c1. The Balaban J connectivity index is 2.14. The first-order chi connectivity index (χ1) is 9.90. The van der Waals surface area contributed by atoms with Crippen molar-refractivity contribution in [1.29, 1.82) is 0 Å². The zero-order valence-electron chi connectivity index (χ0n) is 11.5. The van der Waals surface area contributed by atoms with Gasteiger partial charge in [0.05, 0.1) is 10.6 Å². The number of anilines is 1. The standard InChI is InChI=1S/C13H14N4O4/c1-7-10(8(2)21-16-7)6-15-13(18)9-3-4-11(14)12(5-9)17(19)20/h3-5H,6,14H2,1-2H3,(H,15,18). The van der Waals surface area contributed by atoms with Crippen molar-refractivity contribution < 1.29 is 14.2 Å². The Morgan fingerprint density at radius 3 is 2.76 bits per heavy atom. The fourth-order valence-electron chi connectivity index (χ4n) is 1.87. The van der Waals surface area contributed by atoms with Crippen LogP contribution in [0.25, 0.3) is 0 Å². The molecule has 21 heavy (non-hydrogen) atoms. The molecule has 3 N–H and O–H groups in total. The van der Waals surface area contributed by atoms with Crippen LogP contribution in [0.15, 0.2) is 22.7 Å². The monoisotopic (exact) mass is 290 g/mol. The first-order valence-electron chi connectivity index (χ1n) is 6.14. The van der Waals surface area contributed by atoms with Crippen molar-refractivity contribution >= 4 is 17.3 Å². The molecule has 1 heterocycles. The van der Waals surface area contributed by atoms with E-state index in [0.717, 1.165) is 11.6 Å². The van der Waals surface area contributed by atoms with E-state index in [1.165, 1.54) is 12.1 Å². The molecule has 0 fully saturated rings. The number of aromatic nitrogens is 1. The summed E-state index contributed by atoms with van der Waals surface area (Å²) < 4.78 is 4.99. The summed E-state index contributed by atoms with van der Waals surface area (Å²) in [6.45, 7) is 3.75. The molecule has 0 saturated heterocycles. The average Bonchev–Trinajstić information content (AvgIpc) is 2.75. The van der Waals surface area contributed by atoms with E-state index in [1.807, 2.05) is 0 Å². The second-order valence-corrected chi connectivity index (χ2v) is 4.52. The number of nitrogens with zero attached hydrogens (tertiary/aromatic N) is 2. The second kappa shape index (κ2) is 5.61. The third kappa shape index (κ3) is 2.99. The van der Waals surface area contributed by atoms with Gasteiger partial charge < -0.3 is 15.6 Å². The van der Waals surface area contributed by atoms with E-state index >= 15 is 0 Å². The van der Waals surface area contributed by atoms with E-state index in [4.69, 9.17) is 10.3 Å². The van der Waals surface area contributed by atoms with Crippen LogP contribution in [0.2, 0.25) is 0 Å². The number of hydrogen-bond acceptors (Lipinski definition) is 6. The molecule has 0 saturated carbocycles. The van der Waals surface area contributed by atoms with Gasteiger partial charge in [-0.25, -0.2) is 0 Å². The van der Waals surface area contributed by atoms with E-state index < -0.39 is 10.8 Å². The Labute approximate surface area is 120 Å². The number of benzene rings is 1. The van der Waals surface area contributed by atoms with Gasteiger partial charge in [0.2, 0.25) is 0 Å². The maximum Gasteiger partial charge on any atom is 0.292 e. The molecule has 110 valence electrons. The van der Waals surface area contributed by atoms with Crippen LogP contribution in [0.3, 0.4) is 0 Å². The number of hydrogen-bond donors (Lipinski definition) is 2. The summed E-state index contributed by atoms with van der Waals surface area (Å²) in [6.07, 6.45) is 0. The van der Waals surface area contributed by atoms with Gasteiger partial charge in [0.25, 0.3) is 11.6 Å². The molecule has 8 heteroatoms. The van der Waals surface area contributed by atoms with Crippen LogP contribution >= 0.6 is 0 Å². The van der Waals surface area contributed by atoms with Gasteiger partial charge in [-0.15, -0.1) is 0 Å². The number of carbonyl (C=O) groups is 1. The summed E-state index contributed by atoms with van der Waals surface area (Å²) in [5.41, 5.74) is 6.86. The van der Waals surface area contributed by atoms with Crippen molar-refractivity contribution in [1.82, 2.24) is 10.5 Å². The number of carbonyl (C=O) groups excluding carboxylic acids is 1. The summed E-state index contributed by atoms with van der Waals surface area (Å²) in [4.78, 5) is 22.2. The molecule has 0 unspecified atom stereocenters. The number of aryl methyl sites for hydroxylation is 2. The topological polar surface area (TPSA) is 124 Å². The first kappa shape index (κ1) is 14.5. The molecule has 2 aromatic rings. The van der Waals surface area contributed by atoms with Crippen molar-refractivity contribution in [3.63, 3.8) is 0 Å². The van der Waals surface area contributed by atoms with Crippen LogP contribution in [0.4, 0.5) is 11.4 Å². The quantitative estimate of drug-likeness (QED) is 0.501. The largest absolute Gasteiger partial charge is 0.393 e. The zero-order valence-corrected chi connectivity index (χ0v) is 11.5. The first-order valence-corrected chi connectivity index (χ1v) is 6.14. The van der Waals surface area contributed by atoms with Crippen molar-refractivity contribution in [2.24, 2.45) is 0 Å². The Bertz CT molecular complexity index is 689. The Morgan fingerprint density at radius 1 is 1.48 bits per heavy atom. The zero-order chi connectivity index (χ0) is 15.6. The summed E-state index contributed by atoms with van der Waals surface area (Å²) in [7, 11) is 0. The highest BCUT2D eigenvalue weighted by Crippen LogP contribution is 2.22. The van der Waals surface area contributed by atoms with Crippen molar-refractivity contribution in [2.75, 3.05) is 5.73 Å². The lowest BCUT2D eigenvalue weighted by atomic mass is 10.1. The van der Waals surface area contributed by atoms with E-state index in [1.54, 1.807) is 13.8 Å². The van der Waals surface area contributed by atoms with Gasteiger partial charge in [0.15, 0.2) is 0 Å². The van der Waals surface area contributed by atoms with E-state index in [-0.39, 0.29) is 23.5 Å². The predicted molar refractivity (Wildman–Crippen MR) is 74.7 cm³/mol. The van der Waals surface area contributed by atoms with Crippen molar-refractivity contribution in [3.05, 3.63) is 50.9 Å². The number of rotatable bonds is 4. The molecule has 1 aromatic heterocycles. The molecule has 0 aliphatic heterocycles. The molecule has 0 spiro atoms. The second-order valence-electron chi connectivity index (χ2n) is 4.52. The molecule has 1 aromatic carbocycles. The average molecular weight is 290 g/mol. The smallest absolute Gasteiger partial charge is 0.292 e. The minimum atomic E-state index is -0.625. The summed E-state index contributed by atoms with van der Waals surface area (Å²) in [5, 5.41) is 17.3. The van der Waals surface area contributed by atoms with E-state index in [9.17, 15) is 14.9 Å². The molecule has 0 radical (unpaired) electrons. The third-order valence-electron chi connectivity index (χ3n) is 3.10. The number of nitrogens with one attached hydrogen (secondary N) is 1. The Kier molecular flexibility index (Phi) is 3.88. The van der Waals surface area contributed by atoms with Gasteiger partial charge in [0, 0.05) is 23.7 Å². The van der Waals surface area contributed by atoms with Crippen LogP contribution in [0.1, 0.15) is 27.4 Å². The summed E-state index contributed by atoms with van der Waals surface area (Å²) in [6, 6.07) is 3.92. The number of nitrogens with two attached hydrogens (primary N) is 1. The highest BCUT2D eigenvalue weighted by atomic mass is 16.6. The normalized spacial score (nSPS) is 10.4. The molecule has 0 aliphatic carbocycles. The number of nitrogen functional groups attached to an aromatic ring is 1. The van der Waals surface area contributed by atoms with Crippen LogP contribution in [-0.4, -0.2) is 16.0 Å². The van der Waals surface area contributed by atoms with E-state index in [2.05, 4.69) is 10.5 Å². The Morgan fingerprint density at radius 2 is 2.19 bits per heavy atom. The number of nitro benzene ring substituents is 1. The van der Waals surface area contributed by atoms with Crippen LogP contribution in [-0.2, 0) is 6.54 Å². The maximum atomic E-state index is 12.0. The minimum Gasteiger partial charge on any atom is -0.393 e. The molecular formula is C13H14N4O4. The van der Waals surface area contributed by atoms with Gasteiger partial charge in [-0.3, -0.25) is 14.9 Å². The molecule has 8 nitrogen and oxygen atoms in total. The fourth-order valence-corrected chi connectivity index (χ4v) is 1.87. The van der Waals surface area contributed by atoms with Crippen molar-refractivity contribution in [2.45, 2.75) is 20.4 Å². The van der Waals surface area contributed by atoms with Gasteiger partial charge in [0.1, 0.15) is 11.4 Å². The summed E-state index contributed by atoms with van der Waals surface area (Å²) in [5.74, 6) is 0.189. The number of nitro groups is 1. The molecule has 1 amide bonds. The van der Waals surface area contributed by atoms with E-state index in [0.29, 0.717) is 11.5 Å². The molecule has 0 aliphatic rings. The van der Waals surface area contributed by atoms with Gasteiger partial charge in [-0.1, -0.05) is 5.16 Å². The lowest BCUT2D eigenvalue weighted by Crippen LogP contribution is -2.23. The molecule has 0 atom stereocenters. The highest BCUT2D eigenvalue weighted by molar-refractivity contribution is 5.95. The highest BCUT2D eigenvalue weighted by Gasteiger charge is 2.16. The molecule has 2 rings (SSSR count). The predicted octanol–water partition coefficient (Wildman–Crippen LogP) is 1.71. The minimum absolute atomic E-state index is 0.0160. The summed E-state index contributed by atoms with van der Waals surface area (Å²) >= 11 is 0. The fraction of sp³-hybridized carbons (Fsp3) is 0.231. The van der Waals surface area contributed by atoms with Gasteiger partial charge in [-0.05, 0) is 26.0 Å². The van der Waals surface area contributed by atoms with Crippen LogP contribution in [0.5, 0.6) is 0 Å². The van der Waals surface area contributed by atoms with Gasteiger partial charge in [-0.2, -0.15) is 0 Å². The van der Waals surface area contributed by atoms with Crippen LogP contribution < -0.4 is 11.1 Å². The van der Waals surface area contributed by atoms with Crippen molar-refractivity contribution in [3.8, 4) is 0 Å². The van der Waals surface area contributed by atoms with Gasteiger partial charge >= 0.3 is 0 Å². The molecule has 0 bridgehead atoms. The number of amides is 1. The lowest BCUT2D eigenvalue weighted by Gasteiger charge is -2.05. The Hall–Kier alpha value is -2.90. The maximum absolute atomic E-state index is 12.0. The lowest BCUT2D eigenvalue weighted by molar-refractivity contribution is -0.383.